The van der Waals surface area contributed by atoms with Crippen molar-refractivity contribution >= 4 is 33.4 Å². The maximum atomic E-state index is 6.09. The van der Waals surface area contributed by atoms with Crippen molar-refractivity contribution in [2.45, 2.75) is 0 Å². The van der Waals surface area contributed by atoms with Gasteiger partial charge in [0.25, 0.3) is 0 Å². The fourth-order valence-electron chi connectivity index (χ4n) is 3.46. The number of hydrogen-bond donors (Lipinski definition) is 0. The third kappa shape index (κ3) is 2.39. The van der Waals surface area contributed by atoms with Gasteiger partial charge in [0.1, 0.15) is 5.82 Å². The first kappa shape index (κ1) is 15.2. The molecule has 1 heterocycles. The summed E-state index contributed by atoms with van der Waals surface area (Å²) in [6.45, 7) is 0. The van der Waals surface area contributed by atoms with E-state index in [0.717, 1.165) is 33.1 Å². The molecule has 0 unspecified atom stereocenters. The zero-order valence-corrected chi connectivity index (χ0v) is 14.7. The maximum absolute atomic E-state index is 6.09. The van der Waals surface area contributed by atoms with Gasteiger partial charge in [0.05, 0.1) is 11.0 Å². The van der Waals surface area contributed by atoms with E-state index in [1.54, 1.807) is 0 Å². The molecule has 0 amide bonds. The lowest BCUT2D eigenvalue weighted by Gasteiger charge is -2.11. The van der Waals surface area contributed by atoms with Gasteiger partial charge in [0.15, 0.2) is 0 Å². The average molecular weight is 355 g/mol. The first-order chi connectivity index (χ1) is 12.8. The summed E-state index contributed by atoms with van der Waals surface area (Å²) >= 11 is 6.09. The van der Waals surface area contributed by atoms with E-state index in [9.17, 15) is 0 Å². The van der Waals surface area contributed by atoms with Crippen molar-refractivity contribution in [2.24, 2.45) is 0 Å². The summed E-state index contributed by atoms with van der Waals surface area (Å²) in [6, 6.07) is 30.9. The van der Waals surface area contributed by atoms with E-state index in [-0.39, 0.29) is 0 Å². The van der Waals surface area contributed by atoms with Gasteiger partial charge >= 0.3 is 0 Å². The van der Waals surface area contributed by atoms with Crippen LogP contribution in [0.4, 0.5) is 0 Å². The first-order valence-electron chi connectivity index (χ1n) is 8.53. The number of imidazole rings is 1. The minimum absolute atomic E-state index is 0.724. The molecule has 0 fully saturated rings. The van der Waals surface area contributed by atoms with Crippen LogP contribution in [0, 0.1) is 0 Å². The summed E-state index contributed by atoms with van der Waals surface area (Å²) in [5.41, 5.74) is 4.24. The van der Waals surface area contributed by atoms with Crippen molar-refractivity contribution < 1.29 is 0 Å². The number of nitrogens with zero attached hydrogens (tertiary/aromatic N) is 2. The van der Waals surface area contributed by atoms with E-state index in [2.05, 4.69) is 65.2 Å². The molecule has 0 aliphatic carbocycles. The molecule has 4 aromatic carbocycles. The van der Waals surface area contributed by atoms with E-state index in [1.807, 2.05) is 30.3 Å². The normalized spacial score (nSPS) is 11.3. The van der Waals surface area contributed by atoms with E-state index in [4.69, 9.17) is 16.6 Å². The topological polar surface area (TPSA) is 17.8 Å². The fourth-order valence-corrected chi connectivity index (χ4v) is 3.59. The Labute approximate surface area is 156 Å². The molecule has 5 rings (SSSR count). The summed E-state index contributed by atoms with van der Waals surface area (Å²) in [5, 5.41) is 3.13. The molecule has 0 aliphatic rings. The van der Waals surface area contributed by atoms with Crippen LogP contribution in [0.15, 0.2) is 91.0 Å². The highest BCUT2D eigenvalue weighted by atomic mass is 35.5. The zero-order valence-electron chi connectivity index (χ0n) is 13.9. The summed E-state index contributed by atoms with van der Waals surface area (Å²) in [4.78, 5) is 4.96. The Bertz CT molecular complexity index is 1220. The number of fused-ring (bicyclic) bond motifs is 3. The smallest absolute Gasteiger partial charge is 0.145 e. The van der Waals surface area contributed by atoms with Crippen molar-refractivity contribution in [3.05, 3.63) is 96.0 Å². The van der Waals surface area contributed by atoms with E-state index < -0.39 is 0 Å². The average Bonchev–Trinajstić information content (AvgIpc) is 3.09. The molecule has 2 nitrogen and oxygen atoms in total. The quantitative estimate of drug-likeness (QED) is 0.354. The van der Waals surface area contributed by atoms with Gasteiger partial charge in [0, 0.05) is 21.7 Å². The third-order valence-corrected chi connectivity index (χ3v) is 4.91. The monoisotopic (exact) mass is 354 g/mol. The Morgan fingerprint density at radius 3 is 2.23 bits per heavy atom. The molecule has 1 aromatic heterocycles. The van der Waals surface area contributed by atoms with Crippen LogP contribution in [-0.4, -0.2) is 9.55 Å². The summed E-state index contributed by atoms with van der Waals surface area (Å²) in [5.74, 6) is 0.916. The van der Waals surface area contributed by atoms with Gasteiger partial charge in [0.2, 0.25) is 0 Å². The van der Waals surface area contributed by atoms with Crippen molar-refractivity contribution in [2.75, 3.05) is 0 Å². The number of hydrogen-bond acceptors (Lipinski definition) is 1. The SMILES string of the molecule is Clc1ccc(-c2nc3ccc4ccccc4c3n2-c2ccccc2)cc1. The molecule has 0 atom stereocenters. The Hall–Kier alpha value is -3.10. The lowest BCUT2D eigenvalue weighted by molar-refractivity contribution is 1.11. The molecular formula is C23H15ClN2. The number of para-hydroxylation sites is 1. The van der Waals surface area contributed by atoms with Crippen LogP contribution in [-0.2, 0) is 0 Å². The Balaban J connectivity index is 1.93. The van der Waals surface area contributed by atoms with Crippen LogP contribution in [0.1, 0.15) is 0 Å². The molecule has 0 aliphatic heterocycles. The highest BCUT2D eigenvalue weighted by molar-refractivity contribution is 6.30. The van der Waals surface area contributed by atoms with Gasteiger partial charge in [-0.2, -0.15) is 0 Å². The van der Waals surface area contributed by atoms with E-state index in [1.165, 1.54) is 10.8 Å². The van der Waals surface area contributed by atoms with Gasteiger partial charge < -0.3 is 0 Å². The minimum atomic E-state index is 0.724. The lowest BCUT2D eigenvalue weighted by atomic mass is 10.1. The summed E-state index contributed by atoms with van der Waals surface area (Å²) < 4.78 is 2.24. The molecule has 26 heavy (non-hydrogen) atoms. The lowest BCUT2D eigenvalue weighted by Crippen LogP contribution is -1.97. The first-order valence-corrected chi connectivity index (χ1v) is 8.91. The van der Waals surface area contributed by atoms with E-state index >= 15 is 0 Å². The summed E-state index contributed by atoms with van der Waals surface area (Å²) in [6.07, 6.45) is 0. The van der Waals surface area contributed by atoms with Gasteiger partial charge in [-0.05, 0) is 47.9 Å². The Morgan fingerprint density at radius 1 is 0.692 bits per heavy atom. The molecule has 5 aromatic rings. The molecule has 0 bridgehead atoms. The second-order valence-corrected chi connectivity index (χ2v) is 6.70. The van der Waals surface area contributed by atoms with Gasteiger partial charge in [-0.15, -0.1) is 0 Å². The molecule has 0 saturated heterocycles. The van der Waals surface area contributed by atoms with Crippen LogP contribution in [0.2, 0.25) is 5.02 Å². The van der Waals surface area contributed by atoms with Crippen LogP contribution < -0.4 is 0 Å². The molecule has 124 valence electrons. The second kappa shape index (κ2) is 6.01. The van der Waals surface area contributed by atoms with Crippen molar-refractivity contribution in [3.63, 3.8) is 0 Å². The van der Waals surface area contributed by atoms with Gasteiger partial charge in [-0.1, -0.05) is 60.1 Å². The van der Waals surface area contributed by atoms with Crippen LogP contribution in [0.3, 0.4) is 0 Å². The molecule has 0 saturated carbocycles. The predicted molar refractivity (Wildman–Crippen MR) is 109 cm³/mol. The number of aromatic nitrogens is 2. The van der Waals surface area contributed by atoms with Crippen LogP contribution in [0.5, 0.6) is 0 Å². The standard InChI is InChI=1S/C23H15ClN2/c24-18-13-10-17(11-14-18)23-25-21-15-12-16-6-4-5-9-20(16)22(21)26(23)19-7-2-1-3-8-19/h1-15H. The zero-order chi connectivity index (χ0) is 17.5. The van der Waals surface area contributed by atoms with Crippen LogP contribution >= 0.6 is 11.6 Å². The second-order valence-electron chi connectivity index (χ2n) is 6.27. The molecule has 0 spiro atoms. The Morgan fingerprint density at radius 2 is 1.42 bits per heavy atom. The molecule has 0 radical (unpaired) electrons. The van der Waals surface area contributed by atoms with E-state index in [0.29, 0.717) is 0 Å². The van der Waals surface area contributed by atoms with Crippen molar-refractivity contribution in [1.82, 2.24) is 9.55 Å². The highest BCUT2D eigenvalue weighted by Crippen LogP contribution is 2.33. The predicted octanol–water partition coefficient (Wildman–Crippen LogP) is 6.50. The molecule has 0 N–H and O–H groups in total. The maximum Gasteiger partial charge on any atom is 0.145 e. The van der Waals surface area contributed by atoms with Crippen molar-refractivity contribution in [1.29, 1.82) is 0 Å². The number of halogens is 1. The number of benzene rings is 4. The van der Waals surface area contributed by atoms with Gasteiger partial charge in [-0.25, -0.2) is 4.98 Å². The fraction of sp³-hybridized carbons (Fsp3) is 0. The third-order valence-electron chi connectivity index (χ3n) is 4.66. The Kier molecular flexibility index (Phi) is 3.51. The van der Waals surface area contributed by atoms with Gasteiger partial charge in [-0.3, -0.25) is 4.57 Å². The number of rotatable bonds is 2. The highest BCUT2D eigenvalue weighted by Gasteiger charge is 2.16. The largest absolute Gasteiger partial charge is 0.292 e. The minimum Gasteiger partial charge on any atom is -0.292 e. The molecular weight excluding hydrogens is 340 g/mol. The summed E-state index contributed by atoms with van der Waals surface area (Å²) in [7, 11) is 0. The van der Waals surface area contributed by atoms with Crippen molar-refractivity contribution in [3.8, 4) is 17.1 Å². The van der Waals surface area contributed by atoms with Crippen LogP contribution in [0.25, 0.3) is 38.9 Å². The molecule has 3 heteroatoms.